The van der Waals surface area contributed by atoms with Crippen LogP contribution in [-0.4, -0.2) is 37.4 Å². The van der Waals surface area contributed by atoms with Crippen molar-refractivity contribution in [1.29, 1.82) is 0 Å². The Morgan fingerprint density at radius 3 is 2.38 bits per heavy atom. The van der Waals surface area contributed by atoms with E-state index in [0.717, 1.165) is 28.0 Å². The van der Waals surface area contributed by atoms with E-state index >= 15 is 0 Å². The van der Waals surface area contributed by atoms with Crippen molar-refractivity contribution in [3.63, 3.8) is 0 Å². The van der Waals surface area contributed by atoms with Crippen molar-refractivity contribution < 1.29 is 28.6 Å². The zero-order chi connectivity index (χ0) is 31.8. The van der Waals surface area contributed by atoms with Gasteiger partial charge in [0.25, 0.3) is 5.91 Å². The Hall–Kier alpha value is -5.37. The summed E-state index contributed by atoms with van der Waals surface area (Å²) in [5, 5.41) is 4.52. The van der Waals surface area contributed by atoms with Gasteiger partial charge in [-0.2, -0.15) is 0 Å². The maximum Gasteiger partial charge on any atom is 0.330 e. The third-order valence-electron chi connectivity index (χ3n) is 7.32. The van der Waals surface area contributed by atoms with Crippen molar-refractivity contribution in [2.24, 2.45) is 5.16 Å². The van der Waals surface area contributed by atoms with Crippen molar-refractivity contribution in [2.45, 2.75) is 39.0 Å². The van der Waals surface area contributed by atoms with Gasteiger partial charge >= 0.3 is 5.97 Å². The summed E-state index contributed by atoms with van der Waals surface area (Å²) in [6.07, 6.45) is 3.54. The molecule has 0 unspecified atom stereocenters. The molecular formula is C37H36N2O6. The summed E-state index contributed by atoms with van der Waals surface area (Å²) in [6.45, 7) is 4.52. The van der Waals surface area contributed by atoms with E-state index in [2.05, 4.69) is 5.16 Å². The minimum Gasteiger partial charge on any atom is -0.492 e. The number of rotatable bonds is 10. The summed E-state index contributed by atoms with van der Waals surface area (Å²) in [7, 11) is 2.92. The molecule has 0 N–H and O–H groups in total. The Bertz CT molecular complexity index is 1710. The van der Waals surface area contributed by atoms with Gasteiger partial charge in [-0.1, -0.05) is 71.9 Å². The van der Waals surface area contributed by atoms with Crippen LogP contribution >= 0.6 is 0 Å². The molecule has 4 aromatic carbocycles. The lowest BCUT2D eigenvalue weighted by Gasteiger charge is -2.35. The van der Waals surface area contributed by atoms with Gasteiger partial charge in [0.2, 0.25) is 0 Å². The van der Waals surface area contributed by atoms with Gasteiger partial charge in [0.05, 0.1) is 26.5 Å². The fraction of sp³-hybridized carbons (Fsp3) is 0.216. The minimum absolute atomic E-state index is 0.190. The second-order valence-corrected chi connectivity index (χ2v) is 11.2. The highest BCUT2D eigenvalue weighted by Gasteiger charge is 2.35. The van der Waals surface area contributed by atoms with Crippen LogP contribution in [-0.2, 0) is 27.5 Å². The Labute approximate surface area is 263 Å². The van der Waals surface area contributed by atoms with Crippen molar-refractivity contribution >= 4 is 29.4 Å². The van der Waals surface area contributed by atoms with E-state index in [0.29, 0.717) is 35.8 Å². The second-order valence-electron chi connectivity index (χ2n) is 11.2. The Morgan fingerprint density at radius 2 is 1.67 bits per heavy atom. The lowest BCUT2D eigenvalue weighted by atomic mass is 9.91. The smallest absolute Gasteiger partial charge is 0.330 e. The van der Waals surface area contributed by atoms with Gasteiger partial charge in [-0.05, 0) is 61.4 Å². The molecule has 1 amide bonds. The number of oxime groups is 1. The van der Waals surface area contributed by atoms with Crippen LogP contribution in [0.25, 0.3) is 6.08 Å². The molecule has 0 saturated carbocycles. The standard InChI is InChI=1S/C37H36N2O6/c1-37(2)23-32(38-44-25-27-12-7-5-8-13-27)31-20-19-29(34(43-4)35(31)45-37)24-39(36(41)28-15-9-6-10-16-28)30-17-11-14-26(22-30)18-21-33(40)42-3/h5-22H,23-25H2,1-4H3/b21-18+,38-32-. The molecule has 8 heteroatoms. The lowest BCUT2D eigenvalue weighted by molar-refractivity contribution is -0.134. The first-order valence-corrected chi connectivity index (χ1v) is 14.6. The molecule has 5 rings (SSSR count). The molecule has 230 valence electrons. The van der Waals surface area contributed by atoms with Crippen LogP contribution in [0.5, 0.6) is 11.5 Å². The number of carbonyl (C=O) groups is 2. The summed E-state index contributed by atoms with van der Waals surface area (Å²) < 4.78 is 17.2. The zero-order valence-corrected chi connectivity index (χ0v) is 25.9. The first-order valence-electron chi connectivity index (χ1n) is 14.6. The fourth-order valence-electron chi connectivity index (χ4n) is 5.15. The Morgan fingerprint density at radius 1 is 0.933 bits per heavy atom. The highest BCUT2D eigenvalue weighted by molar-refractivity contribution is 6.07. The average molecular weight is 605 g/mol. The third-order valence-corrected chi connectivity index (χ3v) is 7.32. The number of benzene rings is 4. The molecule has 0 aromatic heterocycles. The molecule has 8 nitrogen and oxygen atoms in total. The largest absolute Gasteiger partial charge is 0.492 e. The van der Waals surface area contributed by atoms with Crippen LogP contribution in [0.2, 0.25) is 0 Å². The van der Waals surface area contributed by atoms with Crippen molar-refractivity contribution in [3.05, 3.63) is 131 Å². The molecule has 1 aliphatic rings. The summed E-state index contributed by atoms with van der Waals surface area (Å²) in [5.41, 5.74) is 4.65. The molecular weight excluding hydrogens is 568 g/mol. The van der Waals surface area contributed by atoms with Crippen LogP contribution < -0.4 is 14.4 Å². The summed E-state index contributed by atoms with van der Waals surface area (Å²) in [4.78, 5) is 33.1. The molecule has 4 aromatic rings. The minimum atomic E-state index is -0.576. The third kappa shape index (κ3) is 7.59. The molecule has 45 heavy (non-hydrogen) atoms. The van der Waals surface area contributed by atoms with Crippen molar-refractivity contribution in [1.82, 2.24) is 0 Å². The first-order chi connectivity index (χ1) is 21.8. The van der Waals surface area contributed by atoms with Crippen LogP contribution in [0, 0.1) is 0 Å². The number of amides is 1. The number of hydrogen-bond donors (Lipinski definition) is 0. The van der Waals surface area contributed by atoms with Gasteiger partial charge in [-0.25, -0.2) is 4.79 Å². The number of esters is 1. The normalized spacial score (nSPS) is 14.4. The van der Waals surface area contributed by atoms with Gasteiger partial charge in [0.1, 0.15) is 12.2 Å². The average Bonchev–Trinajstić information content (AvgIpc) is 3.06. The maximum absolute atomic E-state index is 14.0. The Balaban J connectivity index is 1.52. The summed E-state index contributed by atoms with van der Waals surface area (Å²) in [6, 6.07) is 30.2. The van der Waals surface area contributed by atoms with Gasteiger partial charge < -0.3 is 23.9 Å². The fourth-order valence-corrected chi connectivity index (χ4v) is 5.15. The van der Waals surface area contributed by atoms with Crippen LogP contribution in [0.1, 0.15) is 52.9 Å². The monoisotopic (exact) mass is 604 g/mol. The van der Waals surface area contributed by atoms with Crippen LogP contribution in [0.15, 0.2) is 108 Å². The van der Waals surface area contributed by atoms with Crippen LogP contribution in [0.4, 0.5) is 5.69 Å². The molecule has 0 radical (unpaired) electrons. The van der Waals surface area contributed by atoms with E-state index in [1.54, 1.807) is 30.2 Å². The van der Waals surface area contributed by atoms with E-state index in [1.807, 2.05) is 98.8 Å². The SMILES string of the molecule is COC(=O)/C=C/c1cccc(N(Cc2ccc3c(c2OC)OC(C)(C)C/C3=N/OCc2ccccc2)C(=O)c2ccccc2)c1. The predicted octanol–water partition coefficient (Wildman–Crippen LogP) is 7.21. The summed E-state index contributed by atoms with van der Waals surface area (Å²) in [5.74, 6) is 0.411. The second kappa shape index (κ2) is 13.9. The van der Waals surface area contributed by atoms with Crippen LogP contribution in [0.3, 0.4) is 0 Å². The molecule has 0 atom stereocenters. The van der Waals surface area contributed by atoms with E-state index in [-0.39, 0.29) is 12.5 Å². The topological polar surface area (TPSA) is 86.7 Å². The Kier molecular flexibility index (Phi) is 9.63. The van der Waals surface area contributed by atoms with Crippen molar-refractivity contribution in [2.75, 3.05) is 19.1 Å². The number of nitrogens with zero attached hydrogens (tertiary/aromatic N) is 2. The van der Waals surface area contributed by atoms with Gasteiger partial charge in [-0.15, -0.1) is 0 Å². The highest BCUT2D eigenvalue weighted by Crippen LogP contribution is 2.43. The molecule has 1 aliphatic heterocycles. The number of methoxy groups -OCH3 is 2. The van der Waals surface area contributed by atoms with Gasteiger partial charge in [0.15, 0.2) is 11.5 Å². The predicted molar refractivity (Wildman–Crippen MR) is 175 cm³/mol. The molecule has 0 spiro atoms. The quantitative estimate of drug-likeness (QED) is 0.108. The summed E-state index contributed by atoms with van der Waals surface area (Å²) >= 11 is 0. The number of fused-ring (bicyclic) bond motifs is 1. The highest BCUT2D eigenvalue weighted by atomic mass is 16.6. The number of anilines is 1. The number of hydrogen-bond acceptors (Lipinski definition) is 7. The van der Waals surface area contributed by atoms with Gasteiger partial charge in [-0.3, -0.25) is 4.79 Å². The number of carbonyl (C=O) groups excluding carboxylic acids is 2. The molecule has 0 fully saturated rings. The van der Waals surface area contributed by atoms with Crippen molar-refractivity contribution in [3.8, 4) is 11.5 Å². The van der Waals surface area contributed by atoms with E-state index in [1.165, 1.54) is 13.2 Å². The van der Waals surface area contributed by atoms with Gasteiger partial charge in [0, 0.05) is 34.9 Å². The molecule has 0 bridgehead atoms. The molecule has 0 saturated heterocycles. The zero-order valence-electron chi connectivity index (χ0n) is 25.9. The molecule has 0 aliphatic carbocycles. The van der Waals surface area contributed by atoms with E-state index in [9.17, 15) is 9.59 Å². The molecule has 1 heterocycles. The first kappa shape index (κ1) is 31.1. The maximum atomic E-state index is 14.0. The van der Waals surface area contributed by atoms with E-state index < -0.39 is 11.6 Å². The van der Waals surface area contributed by atoms with E-state index in [4.69, 9.17) is 19.0 Å². The lowest BCUT2D eigenvalue weighted by Crippen LogP contribution is -2.37. The number of ether oxygens (including phenoxy) is 3.